The topological polar surface area (TPSA) is 37.3 Å². The molecule has 2 nitrogen and oxygen atoms in total. The summed E-state index contributed by atoms with van der Waals surface area (Å²) < 4.78 is 11.9. The summed E-state index contributed by atoms with van der Waals surface area (Å²) in [6.45, 7) is 7.74. The van der Waals surface area contributed by atoms with Crippen molar-refractivity contribution in [3.05, 3.63) is 0 Å². The lowest BCUT2D eigenvalue weighted by atomic mass is 10.3. The van der Waals surface area contributed by atoms with Crippen LogP contribution < -0.4 is 0 Å². The van der Waals surface area contributed by atoms with Gasteiger partial charge in [-0.3, -0.25) is 0 Å². The molecule has 0 aliphatic rings. The van der Waals surface area contributed by atoms with Gasteiger partial charge in [-0.1, -0.05) is 20.8 Å². The molecule has 0 aliphatic carbocycles. The van der Waals surface area contributed by atoms with E-state index in [0.717, 1.165) is 6.42 Å². The highest BCUT2D eigenvalue weighted by Gasteiger charge is 2.28. The van der Waals surface area contributed by atoms with Crippen molar-refractivity contribution in [1.29, 1.82) is 0 Å². The second-order valence-electron chi connectivity index (χ2n) is 3.40. The fourth-order valence-corrected chi connectivity index (χ4v) is 2.97. The Morgan fingerprint density at radius 1 is 1.45 bits per heavy atom. The van der Waals surface area contributed by atoms with E-state index >= 15 is 0 Å². The molecule has 0 radical (unpaired) electrons. The molecule has 0 aromatic rings. The molecule has 0 spiro atoms. The van der Waals surface area contributed by atoms with Crippen molar-refractivity contribution >= 4 is 7.14 Å². The average Bonchev–Trinajstić information content (AvgIpc) is 1.89. The maximum atomic E-state index is 11.9. The quantitative estimate of drug-likeness (QED) is 0.670. The molecular weight excluding hydrogens is 159 g/mol. The van der Waals surface area contributed by atoms with E-state index < -0.39 is 7.14 Å². The molecule has 3 heteroatoms. The van der Waals surface area contributed by atoms with Gasteiger partial charge in [0.05, 0.1) is 13.7 Å². The molecule has 0 saturated carbocycles. The van der Waals surface area contributed by atoms with Gasteiger partial charge < -0.3 is 9.67 Å². The Kier molecular flexibility index (Phi) is 4.35. The van der Waals surface area contributed by atoms with Crippen LogP contribution in [0.1, 0.15) is 27.2 Å². The highest BCUT2D eigenvalue weighted by molar-refractivity contribution is 7.64. The third-order valence-corrected chi connectivity index (χ3v) is 6.46. The average molecular weight is 178 g/mol. The zero-order valence-electron chi connectivity index (χ0n) is 7.87. The van der Waals surface area contributed by atoms with Crippen LogP contribution in [0.15, 0.2) is 0 Å². The van der Waals surface area contributed by atoms with Gasteiger partial charge in [-0.05, 0) is 13.1 Å². The summed E-state index contributed by atoms with van der Waals surface area (Å²) in [6.07, 6.45) is 0.808. The normalized spacial score (nSPS) is 19.8. The Balaban J connectivity index is 4.38. The standard InChI is InChI=1S/C8H19O2P/c1-5-8(6-9)11(4,10)7(2)3/h7-9H,5-6H2,1-4H3. The van der Waals surface area contributed by atoms with Crippen LogP contribution in [0.25, 0.3) is 0 Å². The molecule has 0 fully saturated rings. The second kappa shape index (κ2) is 4.27. The molecule has 0 aromatic heterocycles. The summed E-state index contributed by atoms with van der Waals surface area (Å²) in [4.78, 5) is 0. The predicted molar refractivity (Wildman–Crippen MR) is 49.8 cm³/mol. The molecule has 0 aliphatic heterocycles. The highest BCUT2D eigenvalue weighted by Crippen LogP contribution is 2.52. The van der Waals surface area contributed by atoms with E-state index in [4.69, 9.17) is 5.11 Å². The van der Waals surface area contributed by atoms with Crippen LogP contribution in [0.3, 0.4) is 0 Å². The zero-order chi connectivity index (χ0) is 9.07. The fourth-order valence-electron chi connectivity index (χ4n) is 1.08. The molecule has 0 aromatic carbocycles. The van der Waals surface area contributed by atoms with Crippen molar-refractivity contribution < 1.29 is 9.67 Å². The number of rotatable bonds is 4. The van der Waals surface area contributed by atoms with E-state index in [2.05, 4.69) is 0 Å². The Morgan fingerprint density at radius 3 is 2.00 bits per heavy atom. The molecule has 2 atom stereocenters. The van der Waals surface area contributed by atoms with E-state index in [0.29, 0.717) is 0 Å². The first-order valence-electron chi connectivity index (χ1n) is 4.14. The molecule has 0 rings (SSSR count). The zero-order valence-corrected chi connectivity index (χ0v) is 8.77. The van der Waals surface area contributed by atoms with Crippen LogP contribution in [0, 0.1) is 0 Å². The Labute approximate surface area is 69.4 Å². The summed E-state index contributed by atoms with van der Waals surface area (Å²) >= 11 is 0. The van der Waals surface area contributed by atoms with Gasteiger partial charge in [-0.25, -0.2) is 0 Å². The summed E-state index contributed by atoms with van der Waals surface area (Å²) in [5.74, 6) is 0. The van der Waals surface area contributed by atoms with E-state index in [1.807, 2.05) is 20.8 Å². The van der Waals surface area contributed by atoms with Crippen LogP contribution in [-0.2, 0) is 4.57 Å². The Bertz CT molecular complexity index is 150. The predicted octanol–water partition coefficient (Wildman–Crippen LogP) is 2.16. The van der Waals surface area contributed by atoms with Crippen molar-refractivity contribution in [2.75, 3.05) is 13.3 Å². The molecule has 68 valence electrons. The van der Waals surface area contributed by atoms with Crippen molar-refractivity contribution in [2.24, 2.45) is 0 Å². The van der Waals surface area contributed by atoms with Crippen molar-refractivity contribution in [3.63, 3.8) is 0 Å². The van der Waals surface area contributed by atoms with Gasteiger partial charge in [0, 0.05) is 11.3 Å². The number of aliphatic hydroxyl groups excluding tert-OH is 1. The van der Waals surface area contributed by atoms with Gasteiger partial charge in [-0.15, -0.1) is 0 Å². The Morgan fingerprint density at radius 2 is 1.91 bits per heavy atom. The van der Waals surface area contributed by atoms with Crippen LogP contribution in [0.4, 0.5) is 0 Å². The van der Waals surface area contributed by atoms with E-state index in [1.54, 1.807) is 6.66 Å². The first-order valence-corrected chi connectivity index (χ1v) is 6.43. The van der Waals surface area contributed by atoms with Crippen molar-refractivity contribution in [3.8, 4) is 0 Å². The monoisotopic (exact) mass is 178 g/mol. The smallest absolute Gasteiger partial charge is 0.0923 e. The number of hydrogen-bond donors (Lipinski definition) is 1. The van der Waals surface area contributed by atoms with Gasteiger partial charge in [0.15, 0.2) is 0 Å². The van der Waals surface area contributed by atoms with Crippen LogP contribution in [-0.4, -0.2) is 29.7 Å². The largest absolute Gasteiger partial charge is 0.396 e. The first-order chi connectivity index (χ1) is 4.96. The van der Waals surface area contributed by atoms with Gasteiger partial charge in [0.25, 0.3) is 0 Å². The number of aliphatic hydroxyl groups is 1. The molecule has 0 bridgehead atoms. The lowest BCUT2D eigenvalue weighted by Crippen LogP contribution is -2.17. The van der Waals surface area contributed by atoms with Crippen molar-refractivity contribution in [1.82, 2.24) is 0 Å². The van der Waals surface area contributed by atoms with Gasteiger partial charge >= 0.3 is 0 Å². The fraction of sp³-hybridized carbons (Fsp3) is 1.00. The van der Waals surface area contributed by atoms with Crippen molar-refractivity contribution in [2.45, 2.75) is 38.5 Å². The SMILES string of the molecule is CCC(CO)P(C)(=O)C(C)C. The second-order valence-corrected chi connectivity index (χ2v) is 7.28. The summed E-state index contributed by atoms with van der Waals surface area (Å²) in [5, 5.41) is 8.94. The Hall–Kier alpha value is 0.190. The maximum Gasteiger partial charge on any atom is 0.0923 e. The van der Waals surface area contributed by atoms with E-state index in [-0.39, 0.29) is 17.9 Å². The van der Waals surface area contributed by atoms with Crippen LogP contribution in [0.5, 0.6) is 0 Å². The molecule has 2 unspecified atom stereocenters. The first kappa shape index (κ1) is 11.2. The maximum absolute atomic E-state index is 11.9. The molecule has 11 heavy (non-hydrogen) atoms. The minimum Gasteiger partial charge on any atom is -0.396 e. The van der Waals surface area contributed by atoms with Crippen LogP contribution >= 0.6 is 7.14 Å². The van der Waals surface area contributed by atoms with Gasteiger partial charge in [-0.2, -0.15) is 0 Å². The van der Waals surface area contributed by atoms with E-state index in [1.165, 1.54) is 0 Å². The molecular formula is C8H19O2P. The minimum atomic E-state index is -2.12. The molecule has 1 N–H and O–H groups in total. The lowest BCUT2D eigenvalue weighted by Gasteiger charge is -2.24. The number of hydrogen-bond acceptors (Lipinski definition) is 2. The summed E-state index contributed by atoms with van der Waals surface area (Å²) in [5.41, 5.74) is 0.196. The third-order valence-electron chi connectivity index (χ3n) is 2.43. The minimum absolute atomic E-state index is 0.00231. The summed E-state index contributed by atoms with van der Waals surface area (Å²) in [6, 6.07) is 0. The summed E-state index contributed by atoms with van der Waals surface area (Å²) in [7, 11) is -2.12. The van der Waals surface area contributed by atoms with Gasteiger partial charge in [0.2, 0.25) is 0 Å². The third kappa shape index (κ3) is 2.61. The molecule has 0 heterocycles. The van der Waals surface area contributed by atoms with E-state index in [9.17, 15) is 4.57 Å². The molecule has 0 saturated heterocycles. The lowest BCUT2D eigenvalue weighted by molar-refractivity contribution is 0.287. The highest BCUT2D eigenvalue weighted by atomic mass is 31.2. The van der Waals surface area contributed by atoms with Gasteiger partial charge in [0.1, 0.15) is 0 Å². The van der Waals surface area contributed by atoms with Crippen LogP contribution in [0.2, 0.25) is 0 Å². The molecule has 0 amide bonds.